The molecule has 4 heteroatoms. The van der Waals surface area contributed by atoms with Gasteiger partial charge in [-0.15, -0.1) is 0 Å². The fraction of sp³-hybridized carbons (Fsp3) is 0.133. The second kappa shape index (κ2) is 25.2. The van der Waals surface area contributed by atoms with Crippen LogP contribution in [0.15, 0.2) is 291 Å². The molecule has 0 spiro atoms. The molecule has 0 aliphatic carbocycles. The second-order valence-electron chi connectivity index (χ2n) is 23.5. The van der Waals surface area contributed by atoms with Crippen molar-refractivity contribution in [3.8, 4) is 11.1 Å². The monoisotopic (exact) mass is 1130 g/mol. The lowest BCUT2D eigenvalue weighted by atomic mass is 9.65. The number of rotatable bonds is 18. The fourth-order valence-electron chi connectivity index (χ4n) is 12.2. The Morgan fingerprint density at radius 3 is 0.621 bits per heavy atom. The number of aryl methyl sites for hydroxylation is 7. The van der Waals surface area contributed by atoms with E-state index in [1.165, 1.54) is 61.3 Å². The van der Waals surface area contributed by atoms with Gasteiger partial charge in [0.25, 0.3) is 0 Å². The first-order valence-electron chi connectivity index (χ1n) is 30.5. The van der Waals surface area contributed by atoms with E-state index in [1.54, 1.807) is 0 Å². The Morgan fingerprint density at radius 2 is 0.402 bits per heavy atom. The highest BCUT2D eigenvalue weighted by Crippen LogP contribution is 2.49. The zero-order chi connectivity index (χ0) is 60.0. The number of nitrogens with zero attached hydrogens (tertiary/aromatic N) is 4. The van der Waals surface area contributed by atoms with E-state index in [4.69, 9.17) is 0 Å². The predicted molar refractivity (Wildman–Crippen MR) is 371 cm³/mol. The first kappa shape index (κ1) is 57.3. The van der Waals surface area contributed by atoms with Crippen LogP contribution in [0, 0.1) is 48.5 Å². The standard InChI is InChI=1S/C83H76N4/c1-9-84(58-66-24-28-68(29-25-66)67-26-10-59(2)11-27-67)73-50-30-69(31-51-73)83(70-32-52-80(53-33-70)85(74-38-12-60(3)13-39-74)75-40-14-61(4)15-41-75,71-34-54-81(55-35-71)86(76-42-16-62(5)17-43-76)77-44-18-63(6)19-45-77)72-36-56-82(57-37-72)87(78-46-20-64(7)21-47-78)79-48-22-65(8)23-49-79/h10-57H,9,58H2,1-8H3. The minimum Gasteiger partial charge on any atom is -0.367 e. The van der Waals surface area contributed by atoms with E-state index in [-0.39, 0.29) is 0 Å². The third-order valence-corrected chi connectivity index (χ3v) is 17.2. The van der Waals surface area contributed by atoms with Gasteiger partial charge < -0.3 is 19.6 Å². The van der Waals surface area contributed by atoms with Gasteiger partial charge in [-0.3, -0.25) is 0 Å². The summed E-state index contributed by atoms with van der Waals surface area (Å²) < 4.78 is 0. The van der Waals surface area contributed by atoms with Crippen LogP contribution in [-0.4, -0.2) is 6.54 Å². The van der Waals surface area contributed by atoms with E-state index in [9.17, 15) is 0 Å². The summed E-state index contributed by atoms with van der Waals surface area (Å²) in [7, 11) is 0. The molecule has 0 radical (unpaired) electrons. The van der Waals surface area contributed by atoms with Crippen molar-refractivity contribution in [1.29, 1.82) is 0 Å². The van der Waals surface area contributed by atoms with Crippen molar-refractivity contribution in [2.45, 2.75) is 67.3 Å². The highest BCUT2D eigenvalue weighted by atomic mass is 15.2. The SMILES string of the molecule is CCN(Cc1ccc(-c2ccc(C)cc2)cc1)c1ccc(C(c2ccc(N(c3ccc(C)cc3)c3ccc(C)cc3)cc2)(c2ccc(N(c3ccc(C)cc3)c3ccc(C)cc3)cc2)c2ccc(N(c3ccc(C)cc3)c3ccc(C)cc3)cc2)cc1. The Balaban J connectivity index is 1.04. The Labute approximate surface area is 516 Å². The van der Waals surface area contributed by atoms with Crippen molar-refractivity contribution in [1.82, 2.24) is 0 Å². The van der Waals surface area contributed by atoms with Crippen LogP contribution >= 0.6 is 0 Å². The molecule has 0 saturated heterocycles. The topological polar surface area (TPSA) is 13.0 Å². The fourth-order valence-corrected chi connectivity index (χ4v) is 12.2. The molecule has 0 saturated carbocycles. The van der Waals surface area contributed by atoms with Gasteiger partial charge in [-0.25, -0.2) is 0 Å². The lowest BCUT2D eigenvalue weighted by Crippen LogP contribution is -2.31. The summed E-state index contributed by atoms with van der Waals surface area (Å²) >= 11 is 0. The molecule has 0 atom stereocenters. The molecule has 0 aliphatic rings. The van der Waals surface area contributed by atoms with Crippen LogP contribution in [0.3, 0.4) is 0 Å². The maximum Gasteiger partial charge on any atom is 0.0701 e. The normalized spacial score (nSPS) is 11.3. The molecule has 12 rings (SSSR count). The lowest BCUT2D eigenvalue weighted by molar-refractivity contribution is 0.744. The van der Waals surface area contributed by atoms with Gasteiger partial charge in [-0.1, -0.05) is 209 Å². The number of hydrogen-bond acceptors (Lipinski definition) is 4. The van der Waals surface area contributed by atoms with Crippen molar-refractivity contribution >= 4 is 56.9 Å². The Hall–Kier alpha value is -10.2. The summed E-state index contributed by atoms with van der Waals surface area (Å²) in [6, 6.07) is 109. The summed E-state index contributed by atoms with van der Waals surface area (Å²) in [6.45, 7) is 18.9. The van der Waals surface area contributed by atoms with Crippen molar-refractivity contribution in [2.24, 2.45) is 0 Å². The van der Waals surface area contributed by atoms with Crippen LogP contribution in [0.1, 0.15) is 73.7 Å². The number of anilines is 10. The molecule has 0 aromatic heterocycles. The van der Waals surface area contributed by atoms with Gasteiger partial charge >= 0.3 is 0 Å². The largest absolute Gasteiger partial charge is 0.367 e. The molecule has 87 heavy (non-hydrogen) atoms. The summed E-state index contributed by atoms with van der Waals surface area (Å²) in [5, 5.41) is 0. The van der Waals surface area contributed by atoms with Crippen molar-refractivity contribution in [3.63, 3.8) is 0 Å². The maximum atomic E-state index is 2.48. The summed E-state index contributed by atoms with van der Waals surface area (Å²) in [4.78, 5) is 9.58. The summed E-state index contributed by atoms with van der Waals surface area (Å²) in [5.74, 6) is 0. The summed E-state index contributed by atoms with van der Waals surface area (Å²) in [6.07, 6.45) is 0. The minimum absolute atomic E-state index is 0.787. The molecule has 0 amide bonds. The second-order valence-corrected chi connectivity index (χ2v) is 23.5. The molecular formula is C83H76N4. The maximum absolute atomic E-state index is 2.48. The third kappa shape index (κ3) is 12.2. The average Bonchev–Trinajstić information content (AvgIpc) is 0.879. The Kier molecular flexibility index (Phi) is 16.6. The average molecular weight is 1130 g/mol. The molecule has 12 aromatic rings. The molecule has 0 heterocycles. The molecule has 0 N–H and O–H groups in total. The molecule has 0 bridgehead atoms. The summed E-state index contributed by atoms with van der Waals surface area (Å²) in [5.41, 5.74) is 27.2. The van der Waals surface area contributed by atoms with Gasteiger partial charge in [-0.2, -0.15) is 0 Å². The zero-order valence-electron chi connectivity index (χ0n) is 51.4. The molecule has 4 nitrogen and oxygen atoms in total. The van der Waals surface area contributed by atoms with Gasteiger partial charge in [-0.05, 0) is 216 Å². The number of benzene rings is 12. The van der Waals surface area contributed by atoms with E-state index < -0.39 is 5.41 Å². The molecule has 0 unspecified atom stereocenters. The quantitative estimate of drug-likeness (QED) is 0.0794. The Morgan fingerprint density at radius 1 is 0.218 bits per heavy atom. The third-order valence-electron chi connectivity index (χ3n) is 17.2. The van der Waals surface area contributed by atoms with Gasteiger partial charge in [0.05, 0.1) is 5.41 Å². The Bertz CT molecular complexity index is 3720. The van der Waals surface area contributed by atoms with Crippen molar-refractivity contribution in [2.75, 3.05) is 26.1 Å². The highest BCUT2D eigenvalue weighted by molar-refractivity contribution is 5.81. The van der Waals surface area contributed by atoms with Crippen LogP contribution in [0.4, 0.5) is 56.9 Å². The van der Waals surface area contributed by atoms with Crippen LogP contribution in [0.5, 0.6) is 0 Å². The van der Waals surface area contributed by atoms with E-state index in [0.29, 0.717) is 0 Å². The molecule has 12 aromatic carbocycles. The van der Waals surface area contributed by atoms with Crippen LogP contribution in [0.2, 0.25) is 0 Å². The molecule has 0 aliphatic heterocycles. The molecular weight excluding hydrogens is 1050 g/mol. The van der Waals surface area contributed by atoms with Crippen LogP contribution in [0.25, 0.3) is 11.1 Å². The van der Waals surface area contributed by atoms with Gasteiger partial charge in [0, 0.05) is 70.0 Å². The minimum atomic E-state index is -0.813. The lowest BCUT2D eigenvalue weighted by Gasteiger charge is -2.38. The predicted octanol–water partition coefficient (Wildman–Crippen LogP) is 22.3. The van der Waals surface area contributed by atoms with Crippen molar-refractivity contribution < 1.29 is 0 Å². The van der Waals surface area contributed by atoms with Crippen LogP contribution < -0.4 is 19.6 Å². The smallest absolute Gasteiger partial charge is 0.0701 e. The van der Waals surface area contributed by atoms with Gasteiger partial charge in [0.1, 0.15) is 0 Å². The van der Waals surface area contributed by atoms with E-state index >= 15 is 0 Å². The highest BCUT2D eigenvalue weighted by Gasteiger charge is 2.39. The molecule has 428 valence electrons. The first-order chi connectivity index (χ1) is 42.4. The van der Waals surface area contributed by atoms with Gasteiger partial charge in [0.2, 0.25) is 0 Å². The van der Waals surface area contributed by atoms with Crippen LogP contribution in [-0.2, 0) is 12.0 Å². The van der Waals surface area contributed by atoms with E-state index in [1.807, 2.05) is 0 Å². The van der Waals surface area contributed by atoms with E-state index in [0.717, 1.165) is 86.5 Å². The molecule has 0 fully saturated rings. The first-order valence-corrected chi connectivity index (χ1v) is 30.5. The van der Waals surface area contributed by atoms with E-state index in [2.05, 4.69) is 366 Å². The zero-order valence-corrected chi connectivity index (χ0v) is 51.4. The van der Waals surface area contributed by atoms with Gasteiger partial charge in [0.15, 0.2) is 0 Å². The van der Waals surface area contributed by atoms with Crippen molar-refractivity contribution in [3.05, 3.63) is 358 Å². The number of hydrogen-bond donors (Lipinski definition) is 0.